The van der Waals surface area contributed by atoms with E-state index in [0.29, 0.717) is 41.8 Å². The second-order valence-corrected chi connectivity index (χ2v) is 6.61. The quantitative estimate of drug-likeness (QED) is 0.606. The zero-order valence-electron chi connectivity index (χ0n) is 14.2. The Bertz CT molecular complexity index is 821. The van der Waals surface area contributed by atoms with Crippen molar-refractivity contribution in [3.05, 3.63) is 60.2 Å². The zero-order valence-corrected chi connectivity index (χ0v) is 15.0. The van der Waals surface area contributed by atoms with Crippen LogP contribution in [0.4, 0.5) is 5.69 Å². The molecule has 0 saturated heterocycles. The summed E-state index contributed by atoms with van der Waals surface area (Å²) in [7, 11) is 0. The molecule has 0 aliphatic carbocycles. The van der Waals surface area contributed by atoms with Crippen molar-refractivity contribution in [3.63, 3.8) is 0 Å². The van der Waals surface area contributed by atoms with Crippen molar-refractivity contribution in [1.29, 1.82) is 0 Å². The summed E-state index contributed by atoms with van der Waals surface area (Å²) in [5, 5.41) is 11.6. The number of para-hydroxylation sites is 2. The topological polar surface area (TPSA) is 89.1 Å². The van der Waals surface area contributed by atoms with Crippen LogP contribution in [0.15, 0.2) is 64.8 Å². The summed E-state index contributed by atoms with van der Waals surface area (Å²) in [5.74, 6) is 1.22. The second-order valence-electron chi connectivity index (χ2n) is 5.64. The number of carbonyl (C=O) groups excluding carboxylic acids is 1. The van der Waals surface area contributed by atoms with Crippen molar-refractivity contribution in [2.45, 2.75) is 12.8 Å². The Morgan fingerprint density at radius 1 is 1.12 bits per heavy atom. The SMILES string of the molecule is Nc1ccccc1OCCCC(=O)NC1=NN=C(c2ccccc2)CS1. The lowest BCUT2D eigenvalue weighted by molar-refractivity contribution is -0.119. The van der Waals surface area contributed by atoms with E-state index >= 15 is 0 Å². The molecule has 0 saturated carbocycles. The largest absolute Gasteiger partial charge is 0.491 e. The van der Waals surface area contributed by atoms with Gasteiger partial charge < -0.3 is 15.8 Å². The molecular formula is C19H20N4O2S. The van der Waals surface area contributed by atoms with E-state index < -0.39 is 0 Å². The molecule has 7 heteroatoms. The summed E-state index contributed by atoms with van der Waals surface area (Å²) in [6.07, 6.45) is 0.943. The van der Waals surface area contributed by atoms with Crippen LogP contribution in [-0.2, 0) is 4.79 Å². The van der Waals surface area contributed by atoms with Crippen LogP contribution < -0.4 is 15.8 Å². The highest BCUT2D eigenvalue weighted by molar-refractivity contribution is 8.14. The Morgan fingerprint density at radius 3 is 2.62 bits per heavy atom. The molecule has 0 spiro atoms. The lowest BCUT2D eigenvalue weighted by Crippen LogP contribution is -2.30. The number of ether oxygens (including phenoxy) is 1. The first-order chi connectivity index (χ1) is 12.7. The van der Waals surface area contributed by atoms with Crippen molar-refractivity contribution >= 4 is 34.2 Å². The molecule has 2 aromatic rings. The molecule has 0 atom stereocenters. The minimum absolute atomic E-state index is 0.0979. The number of amides is 1. The molecule has 0 fully saturated rings. The second kappa shape index (κ2) is 9.05. The van der Waals surface area contributed by atoms with Gasteiger partial charge in [0, 0.05) is 12.2 Å². The molecule has 2 aromatic carbocycles. The van der Waals surface area contributed by atoms with Gasteiger partial charge in [-0.15, -0.1) is 5.10 Å². The van der Waals surface area contributed by atoms with Crippen molar-refractivity contribution < 1.29 is 9.53 Å². The molecule has 1 aliphatic rings. The van der Waals surface area contributed by atoms with Crippen molar-refractivity contribution in [2.24, 2.45) is 10.2 Å². The summed E-state index contributed by atoms with van der Waals surface area (Å²) in [5.41, 5.74) is 8.35. The van der Waals surface area contributed by atoms with E-state index in [0.717, 1.165) is 11.3 Å². The third-order valence-electron chi connectivity index (χ3n) is 3.69. The van der Waals surface area contributed by atoms with E-state index in [1.807, 2.05) is 48.5 Å². The average Bonchev–Trinajstić information content (AvgIpc) is 2.68. The van der Waals surface area contributed by atoms with E-state index in [9.17, 15) is 4.79 Å². The molecule has 0 unspecified atom stereocenters. The molecule has 1 heterocycles. The highest BCUT2D eigenvalue weighted by atomic mass is 32.2. The number of nitrogens with zero attached hydrogens (tertiary/aromatic N) is 2. The van der Waals surface area contributed by atoms with Gasteiger partial charge in [-0.3, -0.25) is 4.79 Å². The maximum atomic E-state index is 12.0. The Kier molecular flexibility index (Phi) is 6.27. The van der Waals surface area contributed by atoms with Crippen LogP contribution in [-0.4, -0.2) is 29.1 Å². The van der Waals surface area contributed by atoms with E-state index in [-0.39, 0.29) is 5.91 Å². The third-order valence-corrected chi connectivity index (χ3v) is 4.56. The fraction of sp³-hybridized carbons (Fsp3) is 0.211. The minimum atomic E-state index is -0.0979. The lowest BCUT2D eigenvalue weighted by Gasteiger charge is -2.13. The van der Waals surface area contributed by atoms with Gasteiger partial charge in [-0.25, -0.2) is 0 Å². The first kappa shape index (κ1) is 18.0. The van der Waals surface area contributed by atoms with Crippen LogP contribution in [0.25, 0.3) is 0 Å². The highest BCUT2D eigenvalue weighted by Crippen LogP contribution is 2.20. The molecule has 1 amide bonds. The number of hydrogen-bond donors (Lipinski definition) is 2. The van der Waals surface area contributed by atoms with Gasteiger partial charge in [0.25, 0.3) is 0 Å². The standard InChI is InChI=1S/C19H20N4O2S/c20-15-9-4-5-10-17(15)25-12-6-11-18(24)21-19-23-22-16(13-26-19)14-7-2-1-3-8-14/h1-5,7-10H,6,11-13,20H2,(H,21,23,24). The van der Waals surface area contributed by atoms with Crippen LogP contribution in [0.3, 0.4) is 0 Å². The number of rotatable bonds is 6. The molecule has 134 valence electrons. The van der Waals surface area contributed by atoms with E-state index in [1.54, 1.807) is 6.07 Å². The number of thioether (sulfide) groups is 1. The Balaban J connectivity index is 1.42. The summed E-state index contributed by atoms with van der Waals surface area (Å²) < 4.78 is 5.58. The minimum Gasteiger partial charge on any atom is -0.491 e. The molecule has 0 aromatic heterocycles. The lowest BCUT2D eigenvalue weighted by atomic mass is 10.1. The molecule has 3 rings (SSSR count). The maximum absolute atomic E-state index is 12.0. The zero-order chi connectivity index (χ0) is 18.2. The Hall–Kier alpha value is -2.80. The van der Waals surface area contributed by atoms with E-state index in [4.69, 9.17) is 10.5 Å². The fourth-order valence-corrected chi connectivity index (χ4v) is 3.12. The van der Waals surface area contributed by atoms with Gasteiger partial charge in [-0.1, -0.05) is 54.2 Å². The Morgan fingerprint density at radius 2 is 1.88 bits per heavy atom. The van der Waals surface area contributed by atoms with Crippen LogP contribution in [0.5, 0.6) is 5.75 Å². The molecule has 6 nitrogen and oxygen atoms in total. The number of benzene rings is 2. The third kappa shape index (κ3) is 5.10. The van der Waals surface area contributed by atoms with Gasteiger partial charge in [0.15, 0.2) is 5.17 Å². The van der Waals surface area contributed by atoms with Gasteiger partial charge in [0.05, 0.1) is 18.0 Å². The highest BCUT2D eigenvalue weighted by Gasteiger charge is 2.14. The monoisotopic (exact) mass is 368 g/mol. The first-order valence-corrected chi connectivity index (χ1v) is 9.31. The molecule has 3 N–H and O–H groups in total. The van der Waals surface area contributed by atoms with Gasteiger partial charge >= 0.3 is 0 Å². The van der Waals surface area contributed by atoms with Gasteiger partial charge in [0.1, 0.15) is 5.75 Å². The normalized spacial score (nSPS) is 13.5. The smallest absolute Gasteiger partial charge is 0.226 e. The van der Waals surface area contributed by atoms with Crippen LogP contribution >= 0.6 is 11.8 Å². The van der Waals surface area contributed by atoms with Crippen LogP contribution in [0.2, 0.25) is 0 Å². The predicted octanol–water partition coefficient (Wildman–Crippen LogP) is 3.05. The molecule has 0 radical (unpaired) electrons. The number of nitrogens with one attached hydrogen (secondary N) is 1. The van der Waals surface area contributed by atoms with Crippen molar-refractivity contribution in [1.82, 2.24) is 5.32 Å². The molecule has 1 aliphatic heterocycles. The van der Waals surface area contributed by atoms with Crippen molar-refractivity contribution in [3.8, 4) is 5.75 Å². The predicted molar refractivity (Wildman–Crippen MR) is 107 cm³/mol. The number of carbonyl (C=O) groups is 1. The number of anilines is 1. The summed E-state index contributed by atoms with van der Waals surface area (Å²) in [6, 6.07) is 17.2. The van der Waals surface area contributed by atoms with Crippen LogP contribution in [0, 0.1) is 0 Å². The van der Waals surface area contributed by atoms with Crippen LogP contribution in [0.1, 0.15) is 18.4 Å². The van der Waals surface area contributed by atoms with Crippen molar-refractivity contribution in [2.75, 3.05) is 18.1 Å². The first-order valence-electron chi connectivity index (χ1n) is 8.32. The summed E-state index contributed by atoms with van der Waals surface area (Å²) in [6.45, 7) is 0.428. The maximum Gasteiger partial charge on any atom is 0.226 e. The number of hydrogen-bond acceptors (Lipinski definition) is 6. The molecular weight excluding hydrogens is 348 g/mol. The van der Waals surface area contributed by atoms with Gasteiger partial charge in [0.2, 0.25) is 5.91 Å². The van der Waals surface area contributed by atoms with Gasteiger partial charge in [-0.05, 0) is 24.1 Å². The summed E-state index contributed by atoms with van der Waals surface area (Å²) >= 11 is 1.47. The molecule has 26 heavy (non-hydrogen) atoms. The fourth-order valence-electron chi connectivity index (χ4n) is 2.34. The van der Waals surface area contributed by atoms with E-state index in [1.165, 1.54) is 11.8 Å². The van der Waals surface area contributed by atoms with Gasteiger partial charge in [-0.2, -0.15) is 5.10 Å². The number of nitrogens with two attached hydrogens (primary N) is 1. The van der Waals surface area contributed by atoms with E-state index in [2.05, 4.69) is 15.5 Å². The number of nitrogen functional groups attached to an aromatic ring is 1. The molecule has 0 bridgehead atoms. The Labute approximate surface area is 156 Å². The number of amidine groups is 1. The average molecular weight is 368 g/mol. The summed E-state index contributed by atoms with van der Waals surface area (Å²) in [4.78, 5) is 12.0.